The van der Waals surface area contributed by atoms with Gasteiger partial charge in [-0.2, -0.15) is 5.10 Å². The predicted octanol–water partition coefficient (Wildman–Crippen LogP) is 7.57. The lowest BCUT2D eigenvalue weighted by Gasteiger charge is -2.20. The number of hydrogen-bond donors (Lipinski definition) is 2. The molecular formula is C31H40N4O. The molecule has 0 fully saturated rings. The van der Waals surface area contributed by atoms with Gasteiger partial charge >= 0.3 is 0 Å². The molecule has 190 valence electrons. The number of fused-ring (bicyclic) bond motifs is 1. The third kappa shape index (κ3) is 5.46. The molecule has 0 atom stereocenters. The minimum Gasteiger partial charge on any atom is -0.489 e. The van der Waals surface area contributed by atoms with Crippen molar-refractivity contribution in [2.45, 2.75) is 86.4 Å². The van der Waals surface area contributed by atoms with E-state index in [1.807, 2.05) is 6.20 Å². The molecule has 0 spiro atoms. The number of benzene rings is 2. The molecule has 4 aromatic rings. The van der Waals surface area contributed by atoms with Gasteiger partial charge in [0.05, 0.1) is 17.4 Å². The highest BCUT2D eigenvalue weighted by Crippen LogP contribution is 2.36. The van der Waals surface area contributed by atoms with Crippen LogP contribution in [0.25, 0.3) is 22.2 Å². The van der Waals surface area contributed by atoms with E-state index in [0.717, 1.165) is 51.3 Å². The normalized spacial score (nSPS) is 11.9. The molecule has 0 amide bonds. The molecule has 5 nitrogen and oxygen atoms in total. The maximum Gasteiger partial charge on any atom is 0.123 e. The summed E-state index contributed by atoms with van der Waals surface area (Å²) in [7, 11) is 0. The standard InChI is InChI=1S/C31H40N4O/c1-18(2)23-10-9-21(7)30(14-23)36-17-27-22(8)34-29(13-24(27)15-32-20(5)6)31-25(19(3)4)11-12-28-26(31)16-33-35-28/h9-14,16,18-20,32H,15,17H2,1-8H3,(H,33,35). The van der Waals surface area contributed by atoms with E-state index in [-0.39, 0.29) is 0 Å². The maximum absolute atomic E-state index is 6.42. The Morgan fingerprint density at radius 2 is 1.72 bits per heavy atom. The molecule has 0 aliphatic heterocycles. The average molecular weight is 485 g/mol. The lowest BCUT2D eigenvalue weighted by atomic mass is 9.91. The number of nitrogens with one attached hydrogen (secondary N) is 2. The zero-order valence-electron chi connectivity index (χ0n) is 23.0. The van der Waals surface area contributed by atoms with Gasteiger partial charge in [0.25, 0.3) is 0 Å². The second-order valence-electron chi connectivity index (χ2n) is 10.8. The third-order valence-corrected chi connectivity index (χ3v) is 6.91. The maximum atomic E-state index is 6.42. The van der Waals surface area contributed by atoms with E-state index in [1.165, 1.54) is 16.7 Å². The van der Waals surface area contributed by atoms with Gasteiger partial charge < -0.3 is 10.1 Å². The first kappa shape index (κ1) is 25.9. The first-order valence-electron chi connectivity index (χ1n) is 13.1. The number of nitrogens with zero attached hydrogens (tertiary/aromatic N) is 2. The van der Waals surface area contributed by atoms with E-state index in [2.05, 4.69) is 107 Å². The zero-order chi connectivity index (χ0) is 26.0. The van der Waals surface area contributed by atoms with Crippen LogP contribution in [0.2, 0.25) is 0 Å². The van der Waals surface area contributed by atoms with Gasteiger partial charge in [-0.15, -0.1) is 0 Å². The number of aromatic nitrogens is 3. The topological polar surface area (TPSA) is 62.8 Å². The Labute approximate surface area is 215 Å². The van der Waals surface area contributed by atoms with Crippen LogP contribution in [0.15, 0.2) is 42.6 Å². The Morgan fingerprint density at radius 1 is 0.944 bits per heavy atom. The van der Waals surface area contributed by atoms with Gasteiger partial charge in [0.15, 0.2) is 0 Å². The van der Waals surface area contributed by atoms with Gasteiger partial charge in [0.1, 0.15) is 12.4 Å². The molecule has 0 aliphatic rings. The fraction of sp³-hybridized carbons (Fsp3) is 0.419. The summed E-state index contributed by atoms with van der Waals surface area (Å²) in [6, 6.07) is 13.5. The van der Waals surface area contributed by atoms with Gasteiger partial charge in [0, 0.05) is 34.8 Å². The molecule has 2 heterocycles. The van der Waals surface area contributed by atoms with Crippen LogP contribution in [0, 0.1) is 13.8 Å². The average Bonchev–Trinajstić information content (AvgIpc) is 3.30. The number of pyridine rings is 1. The Kier molecular flexibility index (Phi) is 7.79. The van der Waals surface area contributed by atoms with Crippen LogP contribution in [-0.4, -0.2) is 21.2 Å². The van der Waals surface area contributed by atoms with E-state index in [9.17, 15) is 0 Å². The van der Waals surface area contributed by atoms with Crippen LogP contribution < -0.4 is 10.1 Å². The number of aromatic amines is 1. The molecule has 0 saturated heterocycles. The second kappa shape index (κ2) is 10.8. The Hall–Kier alpha value is -3.18. The summed E-state index contributed by atoms with van der Waals surface area (Å²) < 4.78 is 6.42. The Bertz CT molecular complexity index is 1350. The van der Waals surface area contributed by atoms with E-state index < -0.39 is 0 Å². The van der Waals surface area contributed by atoms with Crippen molar-refractivity contribution in [2.75, 3.05) is 0 Å². The quantitative estimate of drug-likeness (QED) is 0.257. The second-order valence-corrected chi connectivity index (χ2v) is 10.8. The van der Waals surface area contributed by atoms with E-state index in [1.54, 1.807) is 0 Å². The highest BCUT2D eigenvalue weighted by atomic mass is 16.5. The van der Waals surface area contributed by atoms with Crippen molar-refractivity contribution in [3.8, 4) is 17.0 Å². The largest absolute Gasteiger partial charge is 0.489 e. The lowest BCUT2D eigenvalue weighted by molar-refractivity contribution is 0.300. The summed E-state index contributed by atoms with van der Waals surface area (Å²) in [6.07, 6.45) is 1.92. The van der Waals surface area contributed by atoms with Crippen LogP contribution in [-0.2, 0) is 13.2 Å². The minimum absolute atomic E-state index is 0.373. The van der Waals surface area contributed by atoms with Gasteiger partial charge in [-0.25, -0.2) is 0 Å². The molecule has 4 rings (SSSR count). The highest BCUT2D eigenvalue weighted by molar-refractivity contribution is 5.95. The fourth-order valence-corrected chi connectivity index (χ4v) is 4.64. The molecule has 0 unspecified atom stereocenters. The van der Waals surface area contributed by atoms with Crippen molar-refractivity contribution < 1.29 is 4.74 Å². The molecule has 0 bridgehead atoms. The van der Waals surface area contributed by atoms with Gasteiger partial charge in [-0.05, 0) is 66.1 Å². The number of ether oxygens (including phenoxy) is 1. The van der Waals surface area contributed by atoms with Gasteiger partial charge in [-0.3, -0.25) is 10.1 Å². The van der Waals surface area contributed by atoms with E-state index in [4.69, 9.17) is 9.72 Å². The Morgan fingerprint density at radius 3 is 2.42 bits per heavy atom. The summed E-state index contributed by atoms with van der Waals surface area (Å²) in [5.41, 5.74) is 10.3. The molecule has 0 saturated carbocycles. The van der Waals surface area contributed by atoms with Crippen LogP contribution in [0.1, 0.15) is 86.9 Å². The van der Waals surface area contributed by atoms with Crippen molar-refractivity contribution >= 4 is 10.9 Å². The van der Waals surface area contributed by atoms with E-state index >= 15 is 0 Å². The molecule has 5 heteroatoms. The zero-order valence-corrected chi connectivity index (χ0v) is 23.0. The van der Waals surface area contributed by atoms with Crippen molar-refractivity contribution in [3.05, 3.63) is 76.1 Å². The van der Waals surface area contributed by atoms with Crippen LogP contribution in [0.5, 0.6) is 5.75 Å². The molecule has 36 heavy (non-hydrogen) atoms. The monoisotopic (exact) mass is 484 g/mol. The summed E-state index contributed by atoms with van der Waals surface area (Å²) in [4.78, 5) is 5.13. The van der Waals surface area contributed by atoms with Gasteiger partial charge in [0.2, 0.25) is 0 Å². The first-order valence-corrected chi connectivity index (χ1v) is 13.1. The summed E-state index contributed by atoms with van der Waals surface area (Å²) in [6.45, 7) is 18.7. The molecule has 0 aliphatic carbocycles. The molecule has 2 N–H and O–H groups in total. The molecule has 0 radical (unpaired) electrons. The van der Waals surface area contributed by atoms with Crippen molar-refractivity contribution in [1.29, 1.82) is 0 Å². The van der Waals surface area contributed by atoms with Gasteiger partial charge in [-0.1, -0.05) is 59.7 Å². The Balaban J connectivity index is 1.78. The summed E-state index contributed by atoms with van der Waals surface area (Å²) >= 11 is 0. The number of aryl methyl sites for hydroxylation is 2. The van der Waals surface area contributed by atoms with E-state index in [0.29, 0.717) is 24.5 Å². The fourth-order valence-electron chi connectivity index (χ4n) is 4.64. The number of rotatable bonds is 9. The van der Waals surface area contributed by atoms with Crippen LogP contribution in [0.4, 0.5) is 0 Å². The first-order chi connectivity index (χ1) is 17.2. The highest BCUT2D eigenvalue weighted by Gasteiger charge is 2.19. The SMILES string of the molecule is Cc1ccc(C(C)C)cc1OCc1c(CNC(C)C)cc(-c2c(C(C)C)ccc3[nH]ncc23)nc1C. The molecule has 2 aromatic heterocycles. The number of H-pyrrole nitrogens is 1. The summed E-state index contributed by atoms with van der Waals surface area (Å²) in [5.74, 6) is 1.78. The van der Waals surface area contributed by atoms with Crippen molar-refractivity contribution in [2.24, 2.45) is 0 Å². The predicted molar refractivity (Wildman–Crippen MR) is 150 cm³/mol. The molecular weight excluding hydrogens is 444 g/mol. The lowest BCUT2D eigenvalue weighted by Crippen LogP contribution is -2.23. The minimum atomic E-state index is 0.373. The van der Waals surface area contributed by atoms with Crippen LogP contribution in [0.3, 0.4) is 0 Å². The molecule has 2 aromatic carbocycles. The number of hydrogen-bond acceptors (Lipinski definition) is 4. The third-order valence-electron chi connectivity index (χ3n) is 6.91. The summed E-state index contributed by atoms with van der Waals surface area (Å²) in [5, 5.41) is 12.2. The van der Waals surface area contributed by atoms with Crippen LogP contribution >= 0.6 is 0 Å². The van der Waals surface area contributed by atoms with Crippen molar-refractivity contribution in [3.63, 3.8) is 0 Å². The van der Waals surface area contributed by atoms with Crippen molar-refractivity contribution in [1.82, 2.24) is 20.5 Å². The smallest absolute Gasteiger partial charge is 0.123 e.